The molecule has 0 spiro atoms. The van der Waals surface area contributed by atoms with E-state index in [-0.39, 0.29) is 4.34 Å². The van der Waals surface area contributed by atoms with E-state index in [0.717, 1.165) is 29.0 Å². The van der Waals surface area contributed by atoms with Crippen molar-refractivity contribution >= 4 is 32.9 Å². The molecule has 4 nitrogen and oxygen atoms in total. The smallest absolute Gasteiger partial charge is 0.221 e. The lowest BCUT2D eigenvalue weighted by Crippen LogP contribution is -1.95. The van der Waals surface area contributed by atoms with Gasteiger partial charge in [0.2, 0.25) is 14.2 Å². The Morgan fingerprint density at radius 3 is 2.50 bits per heavy atom. The van der Waals surface area contributed by atoms with Gasteiger partial charge in [0, 0.05) is 17.3 Å². The van der Waals surface area contributed by atoms with E-state index in [1.54, 1.807) is 11.8 Å². The van der Waals surface area contributed by atoms with Gasteiger partial charge in [-0.15, -0.1) is 22.0 Å². The maximum absolute atomic E-state index is 11.4. The molecule has 0 N–H and O–H groups in total. The highest BCUT2D eigenvalue weighted by Gasteiger charge is 2.16. The van der Waals surface area contributed by atoms with Crippen LogP contribution in [0.2, 0.25) is 0 Å². The summed E-state index contributed by atoms with van der Waals surface area (Å²) in [6, 6.07) is 10.3. The molecule has 7 heteroatoms. The largest absolute Gasteiger partial charge is 0.232 e. The summed E-state index contributed by atoms with van der Waals surface area (Å²) >= 11 is 2.92. The normalized spacial score (nSPS) is 13.3. The highest BCUT2D eigenvalue weighted by Crippen LogP contribution is 2.34. The van der Waals surface area contributed by atoms with Crippen LogP contribution in [0.15, 0.2) is 34.7 Å². The zero-order valence-corrected chi connectivity index (χ0v) is 13.8. The van der Waals surface area contributed by atoms with Gasteiger partial charge in [-0.3, -0.25) is 0 Å². The van der Waals surface area contributed by atoms with E-state index in [4.69, 9.17) is 0 Å². The van der Waals surface area contributed by atoms with Crippen molar-refractivity contribution < 1.29 is 8.42 Å². The second-order valence-corrected chi connectivity index (χ2v) is 8.80. The molecule has 0 amide bonds. The molecule has 0 aliphatic carbocycles. The van der Waals surface area contributed by atoms with Crippen molar-refractivity contribution in [2.75, 3.05) is 6.26 Å². The summed E-state index contributed by atoms with van der Waals surface area (Å²) in [5.41, 5.74) is 1.29. The zero-order chi connectivity index (χ0) is 14.6. The number of rotatable bonds is 6. The Balaban J connectivity index is 2.02. The molecular weight excluding hydrogens is 312 g/mol. The van der Waals surface area contributed by atoms with Gasteiger partial charge in [-0.05, 0) is 12.0 Å². The lowest BCUT2D eigenvalue weighted by atomic mass is 10.1. The van der Waals surface area contributed by atoms with Crippen LogP contribution in [0.3, 0.4) is 0 Å². The third kappa shape index (κ3) is 4.04. The van der Waals surface area contributed by atoms with E-state index in [0.29, 0.717) is 11.0 Å². The standard InChI is InChI=1S/C13H16N2O2S3/c1-3-11(10-7-5-4-6-8-10)18-9-12-14-15-13(19-12)20(2,16)17/h4-8,11H,3,9H2,1-2H3/t11-/m1/s1. The van der Waals surface area contributed by atoms with Crippen molar-refractivity contribution in [3.8, 4) is 0 Å². The van der Waals surface area contributed by atoms with Crippen LogP contribution in [-0.2, 0) is 15.6 Å². The van der Waals surface area contributed by atoms with Gasteiger partial charge >= 0.3 is 0 Å². The molecule has 0 fully saturated rings. The number of thioether (sulfide) groups is 1. The molecule has 1 aromatic carbocycles. The fraction of sp³-hybridized carbons (Fsp3) is 0.385. The Labute approximate surface area is 127 Å². The molecule has 0 saturated carbocycles. The molecule has 0 unspecified atom stereocenters. The SMILES string of the molecule is CC[C@@H](SCc1nnc(S(C)(=O)=O)s1)c1ccccc1. The van der Waals surface area contributed by atoms with Crippen molar-refractivity contribution in [2.45, 2.75) is 28.7 Å². The Bertz CT molecular complexity index is 653. The topological polar surface area (TPSA) is 59.9 Å². The minimum atomic E-state index is -3.24. The predicted octanol–water partition coefficient (Wildman–Crippen LogP) is 3.33. The summed E-state index contributed by atoms with van der Waals surface area (Å²) in [6.07, 6.45) is 2.18. The molecule has 108 valence electrons. The fourth-order valence-electron chi connectivity index (χ4n) is 1.74. The van der Waals surface area contributed by atoms with Crippen LogP contribution in [0.5, 0.6) is 0 Å². The Kier molecular flexibility index (Phi) is 5.17. The maximum Gasteiger partial charge on any atom is 0.232 e. The first-order valence-corrected chi connectivity index (χ1v) is 9.95. The summed E-state index contributed by atoms with van der Waals surface area (Å²) in [7, 11) is -3.24. The molecule has 20 heavy (non-hydrogen) atoms. The van der Waals surface area contributed by atoms with Gasteiger partial charge in [0.25, 0.3) is 0 Å². The number of hydrogen-bond donors (Lipinski definition) is 0. The first kappa shape index (κ1) is 15.5. The molecule has 0 aliphatic heterocycles. The van der Waals surface area contributed by atoms with E-state index in [1.165, 1.54) is 5.56 Å². The van der Waals surface area contributed by atoms with E-state index in [9.17, 15) is 8.42 Å². The Hall–Kier alpha value is -0.920. The molecule has 2 aromatic rings. The predicted molar refractivity (Wildman–Crippen MR) is 83.8 cm³/mol. The van der Waals surface area contributed by atoms with E-state index >= 15 is 0 Å². The Morgan fingerprint density at radius 2 is 1.95 bits per heavy atom. The minimum absolute atomic E-state index is 0.0980. The van der Waals surface area contributed by atoms with Gasteiger partial charge in [0.05, 0.1) is 0 Å². The number of nitrogens with zero attached hydrogens (tertiary/aromatic N) is 2. The van der Waals surface area contributed by atoms with Crippen LogP contribution in [0, 0.1) is 0 Å². The molecule has 1 atom stereocenters. The molecule has 0 bridgehead atoms. The minimum Gasteiger partial charge on any atom is -0.221 e. The fourth-order valence-corrected chi connectivity index (χ4v) is 4.61. The summed E-state index contributed by atoms with van der Waals surface area (Å²) in [5, 5.41) is 8.83. The van der Waals surface area contributed by atoms with Crippen LogP contribution in [0.25, 0.3) is 0 Å². The second-order valence-electron chi connectivity index (χ2n) is 4.35. The average molecular weight is 328 g/mol. The first-order valence-electron chi connectivity index (χ1n) is 6.19. The van der Waals surface area contributed by atoms with Crippen molar-refractivity contribution in [2.24, 2.45) is 0 Å². The van der Waals surface area contributed by atoms with Gasteiger partial charge in [-0.1, -0.05) is 48.6 Å². The summed E-state index contributed by atoms with van der Waals surface area (Å²) in [5.74, 6) is 0.681. The number of aromatic nitrogens is 2. The highest BCUT2D eigenvalue weighted by molar-refractivity contribution is 7.98. The average Bonchev–Trinajstić information content (AvgIpc) is 2.89. The van der Waals surface area contributed by atoms with Gasteiger partial charge < -0.3 is 0 Å². The monoisotopic (exact) mass is 328 g/mol. The van der Waals surface area contributed by atoms with Crippen molar-refractivity contribution in [3.05, 3.63) is 40.9 Å². The van der Waals surface area contributed by atoms with Gasteiger partial charge in [0.1, 0.15) is 5.01 Å². The van der Waals surface area contributed by atoms with Crippen LogP contribution in [0.1, 0.15) is 29.2 Å². The maximum atomic E-state index is 11.4. The third-order valence-electron chi connectivity index (χ3n) is 2.72. The lowest BCUT2D eigenvalue weighted by molar-refractivity contribution is 0.600. The molecule has 1 heterocycles. The van der Waals surface area contributed by atoms with Crippen molar-refractivity contribution in [1.82, 2.24) is 10.2 Å². The quantitative estimate of drug-likeness (QED) is 0.814. The zero-order valence-electron chi connectivity index (χ0n) is 11.3. The van der Waals surface area contributed by atoms with Gasteiger partial charge in [-0.2, -0.15) is 0 Å². The molecule has 1 aromatic heterocycles. The molecule has 2 rings (SSSR count). The first-order chi connectivity index (χ1) is 9.50. The molecule has 0 radical (unpaired) electrons. The van der Waals surface area contributed by atoms with Crippen LogP contribution >= 0.6 is 23.1 Å². The Morgan fingerprint density at radius 1 is 1.25 bits per heavy atom. The highest BCUT2D eigenvalue weighted by atomic mass is 32.2. The van der Waals surface area contributed by atoms with Crippen LogP contribution < -0.4 is 0 Å². The second kappa shape index (κ2) is 6.69. The molecular formula is C13H16N2O2S3. The number of benzene rings is 1. The summed E-state index contributed by atoms with van der Waals surface area (Å²) in [6.45, 7) is 2.15. The van der Waals surface area contributed by atoms with E-state index in [2.05, 4.69) is 29.3 Å². The van der Waals surface area contributed by atoms with Crippen molar-refractivity contribution in [1.29, 1.82) is 0 Å². The lowest BCUT2D eigenvalue weighted by Gasteiger charge is -2.13. The summed E-state index contributed by atoms with van der Waals surface area (Å²) in [4.78, 5) is 0. The number of sulfone groups is 1. The van der Waals surface area contributed by atoms with Crippen LogP contribution in [0.4, 0.5) is 0 Å². The van der Waals surface area contributed by atoms with Crippen LogP contribution in [-0.4, -0.2) is 24.9 Å². The van der Waals surface area contributed by atoms with Gasteiger partial charge in [0.15, 0.2) is 0 Å². The third-order valence-corrected chi connectivity index (χ3v) is 6.94. The molecule has 0 saturated heterocycles. The van der Waals surface area contributed by atoms with Gasteiger partial charge in [-0.25, -0.2) is 8.42 Å². The van der Waals surface area contributed by atoms with Crippen molar-refractivity contribution in [3.63, 3.8) is 0 Å². The number of hydrogen-bond acceptors (Lipinski definition) is 6. The summed E-state index contributed by atoms with van der Waals surface area (Å²) < 4.78 is 22.8. The van der Waals surface area contributed by atoms with E-state index < -0.39 is 9.84 Å². The molecule has 0 aliphatic rings. The van der Waals surface area contributed by atoms with E-state index in [1.807, 2.05) is 18.2 Å².